The summed E-state index contributed by atoms with van der Waals surface area (Å²) in [5, 5.41) is 5.39. The van der Waals surface area contributed by atoms with Gasteiger partial charge >= 0.3 is 0 Å². The highest BCUT2D eigenvalue weighted by atomic mass is 32.1. The Hall–Kier alpha value is -3.06. The second kappa shape index (κ2) is 7.90. The number of thiazole rings is 1. The van der Waals surface area contributed by atoms with E-state index < -0.39 is 0 Å². The van der Waals surface area contributed by atoms with Crippen LogP contribution in [0.15, 0.2) is 47.8 Å². The summed E-state index contributed by atoms with van der Waals surface area (Å²) >= 11 is 1.43. The molecule has 1 aromatic heterocycles. The Labute approximate surface area is 167 Å². The summed E-state index contributed by atoms with van der Waals surface area (Å²) in [5.74, 6) is 1.86. The number of carbonyl (C=O) groups is 1. The monoisotopic (exact) mass is 396 g/mol. The predicted molar refractivity (Wildman–Crippen MR) is 109 cm³/mol. The van der Waals surface area contributed by atoms with Crippen LogP contribution in [-0.4, -0.2) is 30.2 Å². The van der Waals surface area contributed by atoms with Crippen molar-refractivity contribution in [1.82, 2.24) is 4.98 Å². The molecule has 1 amide bonds. The van der Waals surface area contributed by atoms with Crippen molar-refractivity contribution in [2.45, 2.75) is 20.0 Å². The van der Waals surface area contributed by atoms with Crippen molar-refractivity contribution in [3.05, 3.63) is 53.5 Å². The minimum Gasteiger partial charge on any atom is -0.491 e. The first-order chi connectivity index (χ1) is 13.6. The van der Waals surface area contributed by atoms with Gasteiger partial charge in [0.2, 0.25) is 0 Å². The molecule has 0 bridgehead atoms. The van der Waals surface area contributed by atoms with E-state index >= 15 is 0 Å². The Balaban J connectivity index is 1.45. The molecule has 1 aliphatic heterocycles. The Morgan fingerprint density at radius 3 is 2.61 bits per heavy atom. The van der Waals surface area contributed by atoms with Gasteiger partial charge in [0.25, 0.3) is 5.91 Å². The molecule has 144 valence electrons. The van der Waals surface area contributed by atoms with Crippen molar-refractivity contribution in [1.29, 1.82) is 0 Å². The number of nitrogens with one attached hydrogen (secondary N) is 1. The summed E-state index contributed by atoms with van der Waals surface area (Å²) < 4.78 is 16.7. The molecular weight excluding hydrogens is 376 g/mol. The molecule has 3 aromatic rings. The molecule has 0 fully saturated rings. The lowest BCUT2D eigenvalue weighted by atomic mass is 10.2. The molecule has 0 radical (unpaired) electrons. The number of nitrogens with zero attached hydrogens (tertiary/aromatic N) is 1. The molecule has 2 aromatic carbocycles. The standard InChI is InChI=1S/C21H20N2O4S/c1-13(2)27-16-6-3-14(4-7-16)21-23-17(12-28-21)20(24)22-15-5-8-18-19(11-15)26-10-9-25-18/h3-8,11-13H,9-10H2,1-2H3,(H,22,24). The second-order valence-electron chi connectivity index (χ2n) is 6.54. The number of anilines is 1. The quantitative estimate of drug-likeness (QED) is 0.681. The van der Waals surface area contributed by atoms with Crippen LogP contribution < -0.4 is 19.5 Å². The maximum Gasteiger partial charge on any atom is 0.275 e. The number of amides is 1. The van der Waals surface area contributed by atoms with Crippen LogP contribution in [0.5, 0.6) is 17.2 Å². The van der Waals surface area contributed by atoms with Crippen LogP contribution in [0.2, 0.25) is 0 Å². The van der Waals surface area contributed by atoms with Crippen LogP contribution in [-0.2, 0) is 0 Å². The van der Waals surface area contributed by atoms with Crippen LogP contribution in [0.1, 0.15) is 24.3 Å². The molecule has 1 aliphatic rings. The van der Waals surface area contributed by atoms with Crippen molar-refractivity contribution in [2.75, 3.05) is 18.5 Å². The van der Waals surface area contributed by atoms with Crippen LogP contribution in [0.4, 0.5) is 5.69 Å². The zero-order chi connectivity index (χ0) is 19.5. The van der Waals surface area contributed by atoms with E-state index in [2.05, 4.69) is 10.3 Å². The van der Waals surface area contributed by atoms with Gasteiger partial charge in [-0.1, -0.05) is 0 Å². The van der Waals surface area contributed by atoms with Crippen LogP contribution in [0.3, 0.4) is 0 Å². The fourth-order valence-corrected chi connectivity index (χ4v) is 3.58. The predicted octanol–water partition coefficient (Wildman–Crippen LogP) is 4.62. The number of rotatable bonds is 5. The Bertz CT molecular complexity index is 982. The van der Waals surface area contributed by atoms with Gasteiger partial charge in [0.05, 0.1) is 6.10 Å². The average molecular weight is 396 g/mol. The smallest absolute Gasteiger partial charge is 0.275 e. The van der Waals surface area contributed by atoms with Crippen LogP contribution >= 0.6 is 11.3 Å². The molecule has 4 rings (SSSR count). The van der Waals surface area contributed by atoms with Gasteiger partial charge in [-0.15, -0.1) is 11.3 Å². The van der Waals surface area contributed by atoms with Gasteiger partial charge in [-0.3, -0.25) is 4.79 Å². The van der Waals surface area contributed by atoms with Gasteiger partial charge in [0.15, 0.2) is 11.5 Å². The van der Waals surface area contributed by atoms with Gasteiger partial charge in [-0.05, 0) is 50.2 Å². The molecule has 0 spiro atoms. The molecule has 1 N–H and O–H groups in total. The van der Waals surface area contributed by atoms with Crippen molar-refractivity contribution in [3.63, 3.8) is 0 Å². The third-order valence-corrected chi connectivity index (χ3v) is 4.90. The third kappa shape index (κ3) is 4.09. The maximum atomic E-state index is 12.5. The Kier molecular flexibility index (Phi) is 5.16. The Morgan fingerprint density at radius 2 is 1.86 bits per heavy atom. The van der Waals surface area contributed by atoms with E-state index in [4.69, 9.17) is 14.2 Å². The van der Waals surface area contributed by atoms with Gasteiger partial charge in [-0.25, -0.2) is 4.98 Å². The zero-order valence-corrected chi connectivity index (χ0v) is 16.4. The topological polar surface area (TPSA) is 69.7 Å². The first-order valence-corrected chi connectivity index (χ1v) is 9.90. The molecule has 0 aliphatic carbocycles. The number of benzene rings is 2. The number of carbonyl (C=O) groups excluding carboxylic acids is 1. The average Bonchev–Trinajstić information content (AvgIpc) is 3.18. The van der Waals surface area contributed by atoms with Crippen molar-refractivity contribution in [3.8, 4) is 27.8 Å². The summed E-state index contributed by atoms with van der Waals surface area (Å²) in [5.41, 5.74) is 1.95. The van der Waals surface area contributed by atoms with E-state index in [1.807, 2.05) is 38.1 Å². The summed E-state index contributed by atoms with van der Waals surface area (Å²) in [4.78, 5) is 17.0. The molecule has 6 nitrogen and oxygen atoms in total. The van der Waals surface area contributed by atoms with E-state index in [0.717, 1.165) is 16.3 Å². The normalized spacial score (nSPS) is 12.7. The van der Waals surface area contributed by atoms with Crippen molar-refractivity contribution >= 4 is 22.9 Å². The van der Waals surface area contributed by atoms with Crippen LogP contribution in [0, 0.1) is 0 Å². The number of fused-ring (bicyclic) bond motifs is 1. The molecule has 2 heterocycles. The fraction of sp³-hybridized carbons (Fsp3) is 0.238. The molecule has 0 saturated carbocycles. The molecular formula is C21H20N2O4S. The van der Waals surface area contributed by atoms with E-state index in [1.165, 1.54) is 11.3 Å². The summed E-state index contributed by atoms with van der Waals surface area (Å²) in [6, 6.07) is 13.0. The highest BCUT2D eigenvalue weighted by molar-refractivity contribution is 7.13. The molecule has 7 heteroatoms. The highest BCUT2D eigenvalue weighted by Crippen LogP contribution is 2.33. The number of aromatic nitrogens is 1. The minimum absolute atomic E-state index is 0.126. The number of hydrogen-bond donors (Lipinski definition) is 1. The highest BCUT2D eigenvalue weighted by Gasteiger charge is 2.15. The van der Waals surface area contributed by atoms with Gasteiger partial charge in [0, 0.05) is 22.7 Å². The minimum atomic E-state index is -0.265. The summed E-state index contributed by atoms with van der Waals surface area (Å²) in [7, 11) is 0. The van der Waals surface area contributed by atoms with E-state index in [1.54, 1.807) is 23.6 Å². The van der Waals surface area contributed by atoms with Gasteiger partial charge in [0.1, 0.15) is 29.7 Å². The second-order valence-corrected chi connectivity index (χ2v) is 7.40. The lowest BCUT2D eigenvalue weighted by molar-refractivity contribution is 0.102. The number of hydrogen-bond acceptors (Lipinski definition) is 6. The Morgan fingerprint density at radius 1 is 1.11 bits per heavy atom. The molecule has 0 atom stereocenters. The molecule has 0 saturated heterocycles. The van der Waals surface area contributed by atoms with Gasteiger partial charge in [-0.2, -0.15) is 0 Å². The third-order valence-electron chi connectivity index (χ3n) is 4.01. The number of ether oxygens (including phenoxy) is 3. The largest absolute Gasteiger partial charge is 0.491 e. The first kappa shape index (κ1) is 18.3. The van der Waals surface area contributed by atoms with Crippen molar-refractivity contribution in [2.24, 2.45) is 0 Å². The fourth-order valence-electron chi connectivity index (χ4n) is 2.78. The van der Waals surface area contributed by atoms with E-state index in [9.17, 15) is 4.79 Å². The van der Waals surface area contributed by atoms with Crippen LogP contribution in [0.25, 0.3) is 10.6 Å². The van der Waals surface area contributed by atoms with E-state index in [-0.39, 0.29) is 12.0 Å². The molecule has 0 unspecified atom stereocenters. The lowest BCUT2D eigenvalue weighted by Crippen LogP contribution is -2.16. The lowest BCUT2D eigenvalue weighted by Gasteiger charge is -2.18. The van der Waals surface area contributed by atoms with Gasteiger partial charge < -0.3 is 19.5 Å². The van der Waals surface area contributed by atoms with Crippen molar-refractivity contribution < 1.29 is 19.0 Å². The summed E-state index contributed by atoms with van der Waals surface area (Å²) in [6.07, 6.45) is 0.126. The maximum absolute atomic E-state index is 12.5. The summed E-state index contributed by atoms with van der Waals surface area (Å²) in [6.45, 7) is 5.01. The molecule has 28 heavy (non-hydrogen) atoms. The first-order valence-electron chi connectivity index (χ1n) is 9.02. The SMILES string of the molecule is CC(C)Oc1ccc(-c2nc(C(=O)Nc3ccc4c(c3)OCCO4)cs2)cc1. The van der Waals surface area contributed by atoms with E-state index in [0.29, 0.717) is 36.1 Å². The zero-order valence-electron chi connectivity index (χ0n) is 15.6.